The average molecular weight is 873 g/mol. The van der Waals surface area contributed by atoms with Crippen molar-refractivity contribution >= 4 is 56.1 Å². The van der Waals surface area contributed by atoms with Crippen LogP contribution in [-0.2, 0) is 19.1 Å². The topological polar surface area (TPSA) is 175 Å². The van der Waals surface area contributed by atoms with E-state index in [1.54, 1.807) is 45.1 Å². The maximum atomic E-state index is 12.5. The van der Waals surface area contributed by atoms with Gasteiger partial charge < -0.3 is 39.9 Å². The maximum absolute atomic E-state index is 12.5. The number of likely N-dealkylation sites (tertiary alicyclic amines) is 2. The van der Waals surface area contributed by atoms with Crippen molar-refractivity contribution < 1.29 is 28.7 Å². The van der Waals surface area contributed by atoms with Crippen LogP contribution < -0.4 is 10.6 Å². The van der Waals surface area contributed by atoms with Gasteiger partial charge in [-0.2, -0.15) is 0 Å². The number of fused-ring (bicyclic) bond motifs is 1. The number of aromatic amines is 2. The average Bonchev–Trinajstić information content (AvgIpc) is 4.18. The molecule has 4 N–H and O–H groups in total. The molecule has 0 spiro atoms. The SMILES string of the molecule is COC(=O)NC(C(=O)N1CCCC1)c1ccccc1.COC(=O)NC(C(=O)N1CCCC1)c1ccccc1.c1ncc(-c2ccc(-c3csc4c(-c5cnc[nH]5)csc34)cc2)[nH]1. The van der Waals surface area contributed by atoms with Gasteiger partial charge in [0.05, 0.1) is 60.1 Å². The van der Waals surface area contributed by atoms with Gasteiger partial charge in [0.2, 0.25) is 11.8 Å². The summed E-state index contributed by atoms with van der Waals surface area (Å²) < 4.78 is 11.8. The van der Waals surface area contributed by atoms with Gasteiger partial charge in [-0.3, -0.25) is 9.59 Å². The fourth-order valence-electron chi connectivity index (χ4n) is 7.31. The van der Waals surface area contributed by atoms with E-state index in [9.17, 15) is 19.2 Å². The second-order valence-electron chi connectivity index (χ2n) is 14.5. The Morgan fingerprint density at radius 3 is 1.44 bits per heavy atom. The lowest BCUT2D eigenvalue weighted by Crippen LogP contribution is -2.41. The molecule has 4 aromatic heterocycles. The summed E-state index contributed by atoms with van der Waals surface area (Å²) in [5.74, 6) is -0.150. The molecule has 62 heavy (non-hydrogen) atoms. The molecule has 2 aliphatic rings. The minimum Gasteiger partial charge on any atom is -0.453 e. The van der Waals surface area contributed by atoms with Crippen LogP contribution in [0, 0.1) is 0 Å². The number of methoxy groups -OCH3 is 2. The van der Waals surface area contributed by atoms with Crippen LogP contribution in [0.25, 0.3) is 43.0 Å². The lowest BCUT2D eigenvalue weighted by atomic mass is 10.1. The molecule has 2 aliphatic heterocycles. The molecule has 3 aromatic carbocycles. The quantitative estimate of drug-likeness (QED) is 0.111. The lowest BCUT2D eigenvalue weighted by Gasteiger charge is -2.23. The molecule has 0 radical (unpaired) electrons. The zero-order valence-electron chi connectivity index (χ0n) is 34.4. The van der Waals surface area contributed by atoms with Crippen LogP contribution in [0.5, 0.6) is 0 Å². The molecule has 320 valence electrons. The summed E-state index contributed by atoms with van der Waals surface area (Å²) >= 11 is 3.58. The van der Waals surface area contributed by atoms with Gasteiger partial charge >= 0.3 is 12.2 Å². The van der Waals surface area contributed by atoms with E-state index in [1.165, 1.54) is 40.3 Å². The normalized spacial score (nSPS) is 14.2. The highest BCUT2D eigenvalue weighted by Gasteiger charge is 2.30. The predicted molar refractivity (Wildman–Crippen MR) is 241 cm³/mol. The molecule has 7 aromatic rings. The summed E-state index contributed by atoms with van der Waals surface area (Å²) in [6, 6.07) is 25.7. The molecule has 0 aliphatic carbocycles. The van der Waals surface area contributed by atoms with Gasteiger partial charge in [-0.05, 0) is 47.9 Å². The Labute approximate surface area is 367 Å². The van der Waals surface area contributed by atoms with Crippen molar-refractivity contribution in [2.24, 2.45) is 0 Å². The van der Waals surface area contributed by atoms with Crippen molar-refractivity contribution in [2.45, 2.75) is 37.8 Å². The van der Waals surface area contributed by atoms with E-state index in [2.05, 4.69) is 75.1 Å². The molecule has 0 bridgehead atoms. The van der Waals surface area contributed by atoms with Crippen LogP contribution in [0.3, 0.4) is 0 Å². The number of aromatic nitrogens is 4. The number of H-pyrrole nitrogens is 2. The number of carbonyl (C=O) groups excluding carboxylic acids is 4. The highest BCUT2D eigenvalue weighted by atomic mass is 32.1. The molecule has 2 atom stereocenters. The fourth-order valence-corrected chi connectivity index (χ4v) is 9.75. The molecule has 4 amide bonds. The summed E-state index contributed by atoms with van der Waals surface area (Å²) in [6.45, 7) is 3.02. The summed E-state index contributed by atoms with van der Waals surface area (Å²) in [6.07, 6.45) is 10.0. The first kappa shape index (κ1) is 43.3. The third-order valence-electron chi connectivity index (χ3n) is 10.6. The number of rotatable bonds is 9. The van der Waals surface area contributed by atoms with Crippen LogP contribution in [0.2, 0.25) is 0 Å². The molecule has 14 nitrogen and oxygen atoms in total. The van der Waals surface area contributed by atoms with E-state index in [0.717, 1.165) is 79.9 Å². The Bertz CT molecular complexity index is 2410. The van der Waals surface area contributed by atoms with Crippen LogP contribution in [0.4, 0.5) is 9.59 Å². The predicted octanol–water partition coefficient (Wildman–Crippen LogP) is 8.82. The number of imidazole rings is 2. The fraction of sp³-hybridized carbons (Fsp3) is 0.261. The maximum Gasteiger partial charge on any atom is 0.407 e. The van der Waals surface area contributed by atoms with Gasteiger partial charge in [0.25, 0.3) is 0 Å². The number of alkyl carbamates (subject to hydrolysis) is 2. The van der Waals surface area contributed by atoms with E-state index in [0.29, 0.717) is 0 Å². The Hall–Kier alpha value is -6.78. The van der Waals surface area contributed by atoms with E-state index < -0.39 is 24.3 Å². The van der Waals surface area contributed by atoms with Crippen LogP contribution >= 0.6 is 22.7 Å². The zero-order chi connectivity index (χ0) is 43.3. The first-order chi connectivity index (χ1) is 30.3. The Morgan fingerprint density at radius 2 is 1.00 bits per heavy atom. The second kappa shape index (κ2) is 21.1. The van der Waals surface area contributed by atoms with Gasteiger partial charge in [-0.1, -0.05) is 84.9 Å². The number of benzene rings is 3. The number of ether oxygens (including phenoxy) is 2. The highest BCUT2D eigenvalue weighted by molar-refractivity contribution is 7.27. The molecular weight excluding hydrogens is 825 g/mol. The van der Waals surface area contributed by atoms with Crippen molar-refractivity contribution in [1.29, 1.82) is 0 Å². The van der Waals surface area contributed by atoms with Crippen molar-refractivity contribution in [2.75, 3.05) is 40.4 Å². The smallest absolute Gasteiger partial charge is 0.407 e. The highest BCUT2D eigenvalue weighted by Crippen LogP contribution is 2.43. The number of hydrogen-bond donors (Lipinski definition) is 4. The van der Waals surface area contributed by atoms with Crippen molar-refractivity contribution in [3.05, 3.63) is 132 Å². The van der Waals surface area contributed by atoms with Crippen LogP contribution in [-0.4, -0.2) is 94.1 Å². The third-order valence-corrected chi connectivity index (χ3v) is 12.7. The molecule has 0 saturated carbocycles. The number of hydrogen-bond acceptors (Lipinski definition) is 10. The second-order valence-corrected chi connectivity index (χ2v) is 16.2. The standard InChI is InChI=1S/C18H12N4S2.2C14H18N2O3/c1-3-12(15-5-19-9-21-15)4-2-11(1)13-7-23-18-14(8-24-17(13)18)16-6-20-10-22-16;2*1-19-14(18)15-12(11-7-3-2-4-8-11)13(17)16-9-5-6-10-16/h1-10H,(H,19,21)(H,20,22);2*2-4,7-8,12H,5-6,9-10H2,1H3,(H,15,18). The summed E-state index contributed by atoms with van der Waals surface area (Å²) in [4.78, 5) is 65.8. The molecule has 6 heterocycles. The largest absolute Gasteiger partial charge is 0.453 e. The Balaban J connectivity index is 0.000000142. The molecular formula is C46H48N8O6S2. The van der Waals surface area contributed by atoms with Gasteiger partial charge in [0, 0.05) is 48.1 Å². The first-order valence-corrected chi connectivity index (χ1v) is 22.0. The molecule has 2 unspecified atom stereocenters. The van der Waals surface area contributed by atoms with E-state index in [1.807, 2.05) is 73.1 Å². The van der Waals surface area contributed by atoms with Crippen molar-refractivity contribution in [3.63, 3.8) is 0 Å². The number of carbonyl (C=O) groups is 4. The monoisotopic (exact) mass is 872 g/mol. The van der Waals surface area contributed by atoms with Gasteiger partial charge in [-0.25, -0.2) is 19.6 Å². The minimum absolute atomic E-state index is 0.0749. The van der Waals surface area contributed by atoms with Crippen LogP contribution in [0.15, 0.2) is 121 Å². The number of nitrogens with zero attached hydrogens (tertiary/aromatic N) is 4. The van der Waals surface area contributed by atoms with Gasteiger partial charge in [0.15, 0.2) is 0 Å². The number of thiophene rings is 2. The van der Waals surface area contributed by atoms with E-state index in [4.69, 9.17) is 0 Å². The lowest BCUT2D eigenvalue weighted by molar-refractivity contribution is -0.133. The van der Waals surface area contributed by atoms with Crippen molar-refractivity contribution in [3.8, 4) is 33.6 Å². The molecule has 2 saturated heterocycles. The molecule has 9 rings (SSSR count). The Morgan fingerprint density at radius 1 is 0.581 bits per heavy atom. The molecule has 16 heteroatoms. The van der Waals surface area contributed by atoms with Gasteiger partial charge in [0.1, 0.15) is 12.1 Å². The summed E-state index contributed by atoms with van der Waals surface area (Å²) in [5.41, 5.74) is 8.56. The molecule has 2 fully saturated rings. The number of amides is 4. The minimum atomic E-state index is -0.674. The third kappa shape index (κ3) is 10.6. The first-order valence-electron chi connectivity index (χ1n) is 20.3. The van der Waals surface area contributed by atoms with Gasteiger partial charge in [-0.15, -0.1) is 22.7 Å². The summed E-state index contributed by atoms with van der Waals surface area (Å²) in [5, 5.41) is 9.66. The van der Waals surface area contributed by atoms with E-state index >= 15 is 0 Å². The van der Waals surface area contributed by atoms with E-state index in [-0.39, 0.29) is 11.8 Å². The van der Waals surface area contributed by atoms with Crippen molar-refractivity contribution in [1.82, 2.24) is 40.4 Å². The number of nitrogens with one attached hydrogen (secondary N) is 4. The summed E-state index contributed by atoms with van der Waals surface area (Å²) in [7, 11) is 2.58. The van der Waals surface area contributed by atoms with Crippen LogP contribution in [0.1, 0.15) is 48.9 Å². The Kier molecular flexibility index (Phi) is 14.8. The zero-order valence-corrected chi connectivity index (χ0v) is 36.0.